The summed E-state index contributed by atoms with van der Waals surface area (Å²) >= 11 is 0. The maximum absolute atomic E-state index is 12.6. The van der Waals surface area contributed by atoms with Crippen LogP contribution in [0.25, 0.3) is 0 Å². The first-order chi connectivity index (χ1) is 15.3. The van der Waals surface area contributed by atoms with E-state index in [0.717, 1.165) is 11.1 Å². The van der Waals surface area contributed by atoms with Crippen LogP contribution in [0.5, 0.6) is 17.2 Å². The topological polar surface area (TPSA) is 98.2 Å². The number of methoxy groups -OCH3 is 2. The van der Waals surface area contributed by atoms with Gasteiger partial charge in [-0.15, -0.1) is 0 Å². The van der Waals surface area contributed by atoms with Crippen molar-refractivity contribution in [3.63, 3.8) is 0 Å². The molecule has 2 aromatic carbocycles. The maximum atomic E-state index is 12.6. The Balaban J connectivity index is 1.96. The third kappa shape index (κ3) is 7.61. The lowest BCUT2D eigenvalue weighted by molar-refractivity contribution is -0.130. The summed E-state index contributed by atoms with van der Waals surface area (Å²) in [5, 5.41) is 6.74. The number of aryl methyl sites for hydroxylation is 1. The minimum atomic E-state index is -0.731. The van der Waals surface area contributed by atoms with E-state index in [1.54, 1.807) is 38.5 Å². The molecule has 0 fully saturated rings. The molecule has 0 aliphatic heterocycles. The average Bonchev–Trinajstić information content (AvgIpc) is 2.77. The minimum absolute atomic E-state index is 0.179. The number of hydrogen-bond donors (Lipinski definition) is 2. The fraction of sp³-hybridized carbons (Fsp3) is 0.375. The van der Waals surface area contributed by atoms with E-state index >= 15 is 0 Å². The molecule has 0 saturated carbocycles. The maximum Gasteiger partial charge on any atom is 0.262 e. The van der Waals surface area contributed by atoms with Crippen LogP contribution in [0.1, 0.15) is 31.4 Å². The number of hydrogen-bond acceptors (Lipinski definition) is 6. The summed E-state index contributed by atoms with van der Waals surface area (Å²) in [4.78, 5) is 25.0. The van der Waals surface area contributed by atoms with E-state index in [1.807, 2.05) is 39.0 Å². The van der Waals surface area contributed by atoms with Gasteiger partial charge < -0.3 is 19.5 Å². The van der Waals surface area contributed by atoms with Crippen molar-refractivity contribution in [1.29, 1.82) is 0 Å². The molecule has 0 unspecified atom stereocenters. The number of nitrogens with zero attached hydrogens (tertiary/aromatic N) is 1. The Morgan fingerprint density at radius 3 is 2.41 bits per heavy atom. The van der Waals surface area contributed by atoms with Crippen molar-refractivity contribution in [2.75, 3.05) is 20.8 Å². The molecule has 1 atom stereocenters. The van der Waals surface area contributed by atoms with Crippen LogP contribution in [0.3, 0.4) is 0 Å². The second-order valence-corrected chi connectivity index (χ2v) is 7.65. The van der Waals surface area contributed by atoms with Gasteiger partial charge in [0, 0.05) is 0 Å². The van der Waals surface area contributed by atoms with Crippen molar-refractivity contribution in [3.05, 3.63) is 53.6 Å². The van der Waals surface area contributed by atoms with Crippen LogP contribution in [0.2, 0.25) is 0 Å². The fourth-order valence-electron chi connectivity index (χ4n) is 2.98. The van der Waals surface area contributed by atoms with Crippen LogP contribution < -0.4 is 25.0 Å². The number of amides is 2. The Labute approximate surface area is 188 Å². The van der Waals surface area contributed by atoms with E-state index in [1.165, 1.54) is 6.21 Å². The molecule has 0 aromatic heterocycles. The number of carbonyl (C=O) groups is 2. The zero-order valence-corrected chi connectivity index (χ0v) is 19.2. The van der Waals surface area contributed by atoms with Gasteiger partial charge >= 0.3 is 0 Å². The monoisotopic (exact) mass is 441 g/mol. The number of para-hydroxylation sites is 1. The number of hydrazone groups is 1. The summed E-state index contributed by atoms with van der Waals surface area (Å²) in [7, 11) is 3.10. The van der Waals surface area contributed by atoms with Gasteiger partial charge in [0.1, 0.15) is 11.8 Å². The molecule has 32 heavy (non-hydrogen) atoms. The van der Waals surface area contributed by atoms with E-state index < -0.39 is 11.9 Å². The fourth-order valence-corrected chi connectivity index (χ4v) is 2.98. The van der Waals surface area contributed by atoms with Crippen molar-refractivity contribution in [2.45, 2.75) is 33.2 Å². The first-order valence-corrected chi connectivity index (χ1v) is 10.4. The Morgan fingerprint density at radius 2 is 1.75 bits per heavy atom. The number of nitrogens with one attached hydrogen (secondary N) is 2. The van der Waals surface area contributed by atoms with Crippen molar-refractivity contribution >= 4 is 18.0 Å². The van der Waals surface area contributed by atoms with E-state index in [-0.39, 0.29) is 18.4 Å². The normalized spacial score (nSPS) is 11.8. The van der Waals surface area contributed by atoms with E-state index in [2.05, 4.69) is 15.8 Å². The predicted molar refractivity (Wildman–Crippen MR) is 123 cm³/mol. The zero-order chi connectivity index (χ0) is 23.5. The number of ether oxygens (including phenoxy) is 3. The summed E-state index contributed by atoms with van der Waals surface area (Å²) < 4.78 is 16.0. The molecule has 0 heterocycles. The number of carbonyl (C=O) groups excluding carboxylic acids is 2. The molecule has 8 nitrogen and oxygen atoms in total. The van der Waals surface area contributed by atoms with Crippen LogP contribution in [0.4, 0.5) is 0 Å². The molecule has 0 bridgehead atoms. The van der Waals surface area contributed by atoms with Crippen LogP contribution in [0.15, 0.2) is 47.6 Å². The standard InChI is InChI=1S/C24H31N3O5/c1-16(2)12-19(26-23(28)15-32-20-9-7-6-8-17(20)3)24(29)27-25-14-18-10-11-21(30-4)22(13-18)31-5/h6-11,13-14,16,19H,12,15H2,1-5H3,(H,26,28)(H,27,29)/b25-14-/t19-/m0/s1. The SMILES string of the molecule is COc1ccc(/C=N\NC(=O)[C@H](CC(C)C)NC(=O)COc2ccccc2C)cc1OC. The van der Waals surface area contributed by atoms with Gasteiger partial charge in [-0.05, 0) is 54.7 Å². The van der Waals surface area contributed by atoms with Gasteiger partial charge in [0.05, 0.1) is 20.4 Å². The third-order valence-corrected chi connectivity index (χ3v) is 4.61. The molecule has 0 radical (unpaired) electrons. The Hall–Kier alpha value is -3.55. The first-order valence-electron chi connectivity index (χ1n) is 10.4. The highest BCUT2D eigenvalue weighted by Gasteiger charge is 2.22. The third-order valence-electron chi connectivity index (χ3n) is 4.61. The van der Waals surface area contributed by atoms with Crippen molar-refractivity contribution in [2.24, 2.45) is 11.0 Å². The molecule has 0 saturated heterocycles. The van der Waals surface area contributed by atoms with Crippen molar-refractivity contribution in [3.8, 4) is 17.2 Å². The molecule has 0 spiro atoms. The van der Waals surface area contributed by atoms with Gasteiger partial charge in [-0.1, -0.05) is 32.0 Å². The summed E-state index contributed by atoms with van der Waals surface area (Å²) in [5.41, 5.74) is 4.15. The highest BCUT2D eigenvalue weighted by atomic mass is 16.5. The molecule has 2 amide bonds. The summed E-state index contributed by atoms with van der Waals surface area (Å²) in [6.07, 6.45) is 1.96. The molecule has 172 valence electrons. The first kappa shape index (κ1) is 24.7. The largest absolute Gasteiger partial charge is 0.493 e. The molecule has 2 rings (SSSR count). The van der Waals surface area contributed by atoms with Crippen LogP contribution in [0, 0.1) is 12.8 Å². The predicted octanol–water partition coefficient (Wildman–Crippen LogP) is 3.07. The summed E-state index contributed by atoms with van der Waals surface area (Å²) in [6, 6.07) is 12.0. The van der Waals surface area contributed by atoms with Gasteiger partial charge in [0.2, 0.25) is 0 Å². The van der Waals surface area contributed by atoms with Crippen LogP contribution in [-0.4, -0.2) is 44.9 Å². The van der Waals surface area contributed by atoms with E-state index in [9.17, 15) is 9.59 Å². The van der Waals surface area contributed by atoms with Crippen molar-refractivity contribution in [1.82, 2.24) is 10.7 Å². The van der Waals surface area contributed by atoms with E-state index in [0.29, 0.717) is 23.7 Å². The van der Waals surface area contributed by atoms with Crippen LogP contribution >= 0.6 is 0 Å². The molecule has 2 aromatic rings. The molecular formula is C24H31N3O5. The van der Waals surface area contributed by atoms with Gasteiger partial charge in [-0.3, -0.25) is 9.59 Å². The number of rotatable bonds is 11. The minimum Gasteiger partial charge on any atom is -0.493 e. The second kappa shape index (κ2) is 12.3. The number of benzene rings is 2. The second-order valence-electron chi connectivity index (χ2n) is 7.65. The lowest BCUT2D eigenvalue weighted by atomic mass is 10.0. The molecular weight excluding hydrogens is 410 g/mol. The van der Waals surface area contributed by atoms with Crippen molar-refractivity contribution < 1.29 is 23.8 Å². The molecule has 0 aliphatic rings. The lowest BCUT2D eigenvalue weighted by Crippen LogP contribution is -2.47. The quantitative estimate of drug-likeness (QED) is 0.413. The average molecular weight is 442 g/mol. The van der Waals surface area contributed by atoms with Gasteiger partial charge in [-0.25, -0.2) is 5.43 Å². The Morgan fingerprint density at radius 1 is 1.03 bits per heavy atom. The molecule has 8 heteroatoms. The van der Waals surface area contributed by atoms with Gasteiger partial charge in [-0.2, -0.15) is 5.10 Å². The zero-order valence-electron chi connectivity index (χ0n) is 19.2. The highest BCUT2D eigenvalue weighted by Crippen LogP contribution is 2.26. The van der Waals surface area contributed by atoms with Gasteiger partial charge in [0.15, 0.2) is 18.1 Å². The summed E-state index contributed by atoms with van der Waals surface area (Å²) in [6.45, 7) is 5.67. The molecule has 2 N–H and O–H groups in total. The Bertz CT molecular complexity index is 943. The smallest absolute Gasteiger partial charge is 0.262 e. The molecule has 0 aliphatic carbocycles. The summed E-state index contributed by atoms with van der Waals surface area (Å²) in [5.74, 6) is 1.20. The Kier molecular flexibility index (Phi) is 9.53. The van der Waals surface area contributed by atoms with E-state index in [4.69, 9.17) is 14.2 Å². The lowest BCUT2D eigenvalue weighted by Gasteiger charge is -2.19. The highest BCUT2D eigenvalue weighted by molar-refractivity contribution is 5.89. The van der Waals surface area contributed by atoms with Crippen LogP contribution in [-0.2, 0) is 9.59 Å². The van der Waals surface area contributed by atoms with Gasteiger partial charge in [0.25, 0.3) is 11.8 Å².